The number of anilines is 1. The van der Waals surface area contributed by atoms with E-state index in [0.717, 1.165) is 4.47 Å². The first-order valence-electron chi connectivity index (χ1n) is 6.07. The van der Waals surface area contributed by atoms with Gasteiger partial charge in [0.05, 0.1) is 18.8 Å². The van der Waals surface area contributed by atoms with E-state index in [0.29, 0.717) is 11.4 Å². The highest BCUT2D eigenvalue weighted by molar-refractivity contribution is 9.10. The summed E-state index contributed by atoms with van der Waals surface area (Å²) in [5.74, 6) is -0.468. The number of ether oxygens (including phenoxy) is 1. The van der Waals surface area contributed by atoms with Gasteiger partial charge in [-0.25, -0.2) is 8.78 Å². The van der Waals surface area contributed by atoms with Gasteiger partial charge in [0.2, 0.25) is 0 Å². The van der Waals surface area contributed by atoms with E-state index < -0.39 is 17.7 Å². The molecule has 2 nitrogen and oxygen atoms in total. The SMILES string of the molecule is COc1ccc(Br)c(NC(C)c2c(F)cccc2F)c1. The van der Waals surface area contributed by atoms with Gasteiger partial charge in [-0.2, -0.15) is 0 Å². The first-order valence-corrected chi connectivity index (χ1v) is 6.86. The Kier molecular flexibility index (Phi) is 4.60. The van der Waals surface area contributed by atoms with Gasteiger partial charge in [0.1, 0.15) is 17.4 Å². The third-order valence-electron chi connectivity index (χ3n) is 2.98. The molecule has 0 aliphatic heterocycles. The van der Waals surface area contributed by atoms with Gasteiger partial charge in [-0.05, 0) is 47.1 Å². The number of rotatable bonds is 4. The van der Waals surface area contributed by atoms with E-state index in [-0.39, 0.29) is 5.56 Å². The lowest BCUT2D eigenvalue weighted by Crippen LogP contribution is -2.11. The van der Waals surface area contributed by atoms with Crippen LogP contribution in [0.2, 0.25) is 0 Å². The molecule has 0 amide bonds. The second kappa shape index (κ2) is 6.22. The van der Waals surface area contributed by atoms with Crippen LogP contribution in [0.15, 0.2) is 40.9 Å². The number of benzene rings is 2. The molecule has 20 heavy (non-hydrogen) atoms. The average molecular weight is 342 g/mol. The predicted molar refractivity (Wildman–Crippen MR) is 79.1 cm³/mol. The largest absolute Gasteiger partial charge is 0.497 e. The highest BCUT2D eigenvalue weighted by Gasteiger charge is 2.16. The highest BCUT2D eigenvalue weighted by Crippen LogP contribution is 2.31. The second-order valence-corrected chi connectivity index (χ2v) is 5.20. The topological polar surface area (TPSA) is 21.3 Å². The Balaban J connectivity index is 2.30. The number of nitrogens with one attached hydrogen (secondary N) is 1. The average Bonchev–Trinajstić information content (AvgIpc) is 2.41. The molecule has 0 radical (unpaired) electrons. The van der Waals surface area contributed by atoms with E-state index >= 15 is 0 Å². The molecule has 106 valence electrons. The maximum absolute atomic E-state index is 13.7. The van der Waals surface area contributed by atoms with Gasteiger partial charge in [0.25, 0.3) is 0 Å². The van der Waals surface area contributed by atoms with E-state index in [1.807, 2.05) is 6.07 Å². The van der Waals surface area contributed by atoms with Crippen molar-refractivity contribution in [3.8, 4) is 5.75 Å². The van der Waals surface area contributed by atoms with E-state index in [1.165, 1.54) is 18.2 Å². The molecule has 0 spiro atoms. The zero-order valence-electron chi connectivity index (χ0n) is 11.1. The van der Waals surface area contributed by atoms with Crippen LogP contribution >= 0.6 is 15.9 Å². The van der Waals surface area contributed by atoms with Crippen LogP contribution < -0.4 is 10.1 Å². The molecule has 2 aromatic carbocycles. The lowest BCUT2D eigenvalue weighted by atomic mass is 10.1. The summed E-state index contributed by atoms with van der Waals surface area (Å²) in [6.07, 6.45) is 0. The van der Waals surface area contributed by atoms with Crippen LogP contribution in [0.5, 0.6) is 5.75 Å². The minimum Gasteiger partial charge on any atom is -0.497 e. The first kappa shape index (κ1) is 14.8. The lowest BCUT2D eigenvalue weighted by Gasteiger charge is -2.18. The van der Waals surface area contributed by atoms with Crippen molar-refractivity contribution in [1.29, 1.82) is 0 Å². The summed E-state index contributed by atoms with van der Waals surface area (Å²) in [6.45, 7) is 1.70. The highest BCUT2D eigenvalue weighted by atomic mass is 79.9. The normalized spacial score (nSPS) is 12.1. The number of hydrogen-bond donors (Lipinski definition) is 1. The minimum absolute atomic E-state index is 0.0159. The van der Waals surface area contributed by atoms with Gasteiger partial charge < -0.3 is 10.1 Å². The maximum Gasteiger partial charge on any atom is 0.131 e. The summed E-state index contributed by atoms with van der Waals surface area (Å²) < 4.78 is 33.4. The van der Waals surface area contributed by atoms with Gasteiger partial charge >= 0.3 is 0 Å². The Morgan fingerprint density at radius 2 is 1.80 bits per heavy atom. The zero-order valence-corrected chi connectivity index (χ0v) is 12.7. The molecule has 5 heteroatoms. The van der Waals surface area contributed by atoms with Crippen LogP contribution in [0.4, 0.5) is 14.5 Å². The minimum atomic E-state index is -0.566. The molecule has 0 aliphatic carbocycles. The van der Waals surface area contributed by atoms with Crippen molar-refractivity contribution in [2.24, 2.45) is 0 Å². The third-order valence-corrected chi connectivity index (χ3v) is 3.67. The monoisotopic (exact) mass is 341 g/mol. The summed E-state index contributed by atoms with van der Waals surface area (Å²) in [7, 11) is 1.56. The summed E-state index contributed by atoms with van der Waals surface area (Å²) in [5, 5.41) is 3.08. The molecular weight excluding hydrogens is 328 g/mol. The molecule has 1 N–H and O–H groups in total. The van der Waals surface area contributed by atoms with Crippen LogP contribution in [0.25, 0.3) is 0 Å². The summed E-state index contributed by atoms with van der Waals surface area (Å²) in [5.41, 5.74) is 0.724. The molecule has 0 aromatic heterocycles. The van der Waals surface area contributed by atoms with Crippen molar-refractivity contribution >= 4 is 21.6 Å². The third kappa shape index (κ3) is 3.10. The van der Waals surface area contributed by atoms with Crippen molar-refractivity contribution in [1.82, 2.24) is 0 Å². The second-order valence-electron chi connectivity index (χ2n) is 4.35. The molecule has 0 fully saturated rings. The standard InChI is InChI=1S/C15H14BrF2NO/c1-9(15-12(17)4-3-5-13(15)18)19-14-8-10(20-2)6-7-11(14)16/h3-9,19H,1-2H3. The van der Waals surface area contributed by atoms with Crippen LogP contribution in [0.1, 0.15) is 18.5 Å². The molecule has 1 atom stereocenters. The Hall–Kier alpha value is -1.62. The quantitative estimate of drug-likeness (QED) is 0.853. The Bertz CT molecular complexity index is 599. The fourth-order valence-electron chi connectivity index (χ4n) is 1.97. The van der Waals surface area contributed by atoms with E-state index in [9.17, 15) is 8.78 Å². The van der Waals surface area contributed by atoms with Crippen LogP contribution in [-0.4, -0.2) is 7.11 Å². The van der Waals surface area contributed by atoms with Crippen molar-refractivity contribution < 1.29 is 13.5 Å². The van der Waals surface area contributed by atoms with Gasteiger partial charge in [-0.15, -0.1) is 0 Å². The molecular formula is C15H14BrF2NO. The zero-order chi connectivity index (χ0) is 14.7. The van der Waals surface area contributed by atoms with E-state index in [2.05, 4.69) is 21.2 Å². The maximum atomic E-state index is 13.7. The summed E-state index contributed by atoms with van der Waals surface area (Å²) in [4.78, 5) is 0. The first-order chi connectivity index (χ1) is 9.52. The van der Waals surface area contributed by atoms with Crippen molar-refractivity contribution in [2.45, 2.75) is 13.0 Å². The van der Waals surface area contributed by atoms with Gasteiger partial charge in [0.15, 0.2) is 0 Å². The van der Waals surface area contributed by atoms with Crippen molar-refractivity contribution in [2.75, 3.05) is 12.4 Å². The molecule has 0 aliphatic rings. The summed E-state index contributed by atoms with van der Waals surface area (Å²) in [6, 6.07) is 8.70. The number of hydrogen-bond acceptors (Lipinski definition) is 2. The lowest BCUT2D eigenvalue weighted by molar-refractivity contribution is 0.415. The molecule has 0 bridgehead atoms. The molecule has 0 heterocycles. The summed E-state index contributed by atoms with van der Waals surface area (Å²) >= 11 is 3.39. The molecule has 2 rings (SSSR count). The van der Waals surface area contributed by atoms with Gasteiger partial charge in [0, 0.05) is 16.1 Å². The molecule has 2 aromatic rings. The number of methoxy groups -OCH3 is 1. The van der Waals surface area contributed by atoms with E-state index in [4.69, 9.17) is 4.74 Å². The van der Waals surface area contributed by atoms with Crippen molar-refractivity contribution in [3.63, 3.8) is 0 Å². The van der Waals surface area contributed by atoms with Crippen LogP contribution in [0.3, 0.4) is 0 Å². The smallest absolute Gasteiger partial charge is 0.131 e. The molecule has 0 saturated carbocycles. The van der Waals surface area contributed by atoms with Crippen LogP contribution in [-0.2, 0) is 0 Å². The molecule has 0 saturated heterocycles. The van der Waals surface area contributed by atoms with E-state index in [1.54, 1.807) is 26.2 Å². The number of halogens is 3. The van der Waals surface area contributed by atoms with Crippen molar-refractivity contribution in [3.05, 3.63) is 58.1 Å². The molecule has 1 unspecified atom stereocenters. The Morgan fingerprint density at radius 1 is 1.15 bits per heavy atom. The Labute approximate surface area is 124 Å². The van der Waals surface area contributed by atoms with Gasteiger partial charge in [-0.1, -0.05) is 6.07 Å². The Morgan fingerprint density at radius 3 is 2.40 bits per heavy atom. The van der Waals surface area contributed by atoms with Crippen LogP contribution in [0, 0.1) is 11.6 Å². The fourth-order valence-corrected chi connectivity index (χ4v) is 2.33. The fraction of sp³-hybridized carbons (Fsp3) is 0.200. The predicted octanol–water partition coefficient (Wildman–Crippen LogP) is 4.91. The van der Waals surface area contributed by atoms with Gasteiger partial charge in [-0.3, -0.25) is 0 Å².